The Labute approximate surface area is 112 Å². The molecule has 0 rings (SSSR count). The summed E-state index contributed by atoms with van der Waals surface area (Å²) in [4.78, 5) is 23.4. The lowest BCUT2D eigenvalue weighted by Crippen LogP contribution is -2.44. The molecule has 0 atom stereocenters. The highest BCUT2D eigenvalue weighted by molar-refractivity contribution is 6.76. The van der Waals surface area contributed by atoms with E-state index in [9.17, 15) is 9.59 Å². The number of carbonyl (C=O) groups is 2. The molecule has 0 amide bonds. The van der Waals surface area contributed by atoms with Crippen LogP contribution in [-0.2, 0) is 14.0 Å². The summed E-state index contributed by atoms with van der Waals surface area (Å²) in [5.41, 5.74) is 0. The predicted molar refractivity (Wildman–Crippen MR) is 77.1 cm³/mol. The van der Waals surface area contributed by atoms with Crippen LogP contribution in [0.1, 0.15) is 59.8 Å². The predicted octanol–water partition coefficient (Wildman–Crippen LogP) is 4.07. The zero-order valence-electron chi connectivity index (χ0n) is 12.8. The van der Waals surface area contributed by atoms with Crippen molar-refractivity contribution in [2.24, 2.45) is 0 Å². The largest absolute Gasteiger partial charge is 0.514 e. The Balaban J connectivity index is 4.21. The van der Waals surface area contributed by atoms with Crippen molar-refractivity contribution in [3.05, 3.63) is 0 Å². The first-order valence-electron chi connectivity index (χ1n) is 6.88. The molecule has 0 fully saturated rings. The molecule has 0 saturated heterocycles. The van der Waals surface area contributed by atoms with Crippen LogP contribution in [-0.4, -0.2) is 20.1 Å². The van der Waals surface area contributed by atoms with Crippen molar-refractivity contribution in [3.63, 3.8) is 0 Å². The summed E-state index contributed by atoms with van der Waals surface area (Å²) in [6.45, 7) is 12.2. The minimum Gasteiger partial charge on any atom is -0.514 e. The van der Waals surface area contributed by atoms with Gasteiger partial charge in [-0.15, -0.1) is 0 Å². The van der Waals surface area contributed by atoms with Crippen molar-refractivity contribution >= 4 is 20.1 Å². The maximum atomic E-state index is 11.7. The Morgan fingerprint density at radius 3 is 2.06 bits per heavy atom. The number of unbranched alkanes of at least 4 members (excludes halogenated alkanes) is 3. The second kappa shape index (κ2) is 7.07. The normalized spacial score (nSPS) is 12.3. The van der Waals surface area contributed by atoms with Crippen LogP contribution in [0.4, 0.5) is 0 Å². The van der Waals surface area contributed by atoms with Crippen LogP contribution >= 0.6 is 0 Å². The lowest BCUT2D eigenvalue weighted by atomic mass is 10.1. The molecule has 0 saturated carbocycles. The molecular formula is C14H28O3Si. The van der Waals surface area contributed by atoms with Crippen LogP contribution in [0, 0.1) is 0 Å². The number of hydrogen-bond donors (Lipinski definition) is 0. The van der Waals surface area contributed by atoms with Gasteiger partial charge in [0.1, 0.15) is 0 Å². The minimum absolute atomic E-state index is 0.0504. The summed E-state index contributed by atoms with van der Waals surface area (Å²) < 4.78 is 5.47. The molecule has 0 unspecified atom stereocenters. The lowest BCUT2D eigenvalue weighted by Gasteiger charge is -2.35. The van der Waals surface area contributed by atoms with Crippen LogP contribution < -0.4 is 0 Å². The molecule has 0 aromatic rings. The number of ketones is 1. The highest BCUT2D eigenvalue weighted by atomic mass is 28.4. The number of carbonyl (C=O) groups excluding carboxylic acids is 2. The lowest BCUT2D eigenvalue weighted by molar-refractivity contribution is -0.148. The molecule has 0 aromatic heterocycles. The van der Waals surface area contributed by atoms with Crippen LogP contribution in [0.15, 0.2) is 0 Å². The molecule has 0 aliphatic rings. The maximum absolute atomic E-state index is 11.7. The van der Waals surface area contributed by atoms with E-state index in [0.717, 1.165) is 25.7 Å². The first-order chi connectivity index (χ1) is 8.12. The summed E-state index contributed by atoms with van der Waals surface area (Å²) >= 11 is 0. The number of Topliss-reactive ketones (excluding diaryl/α,β-unsaturated/α-hetero) is 1. The standard InChI is InChI=1S/C14H28O3Si/c1-7-8-9-10-11-12(15)13(16)17-18(5,6)14(2,3)4/h7-11H2,1-6H3. The zero-order valence-corrected chi connectivity index (χ0v) is 13.8. The van der Waals surface area contributed by atoms with Gasteiger partial charge in [-0.25, -0.2) is 4.79 Å². The van der Waals surface area contributed by atoms with E-state index in [2.05, 4.69) is 27.7 Å². The van der Waals surface area contributed by atoms with Crippen LogP contribution in [0.3, 0.4) is 0 Å². The van der Waals surface area contributed by atoms with Gasteiger partial charge in [-0.1, -0.05) is 47.0 Å². The smallest absolute Gasteiger partial charge is 0.361 e. The topological polar surface area (TPSA) is 43.4 Å². The van der Waals surface area contributed by atoms with Crippen molar-refractivity contribution in [1.29, 1.82) is 0 Å². The molecule has 0 heterocycles. The van der Waals surface area contributed by atoms with Crippen LogP contribution in [0.5, 0.6) is 0 Å². The van der Waals surface area contributed by atoms with Crippen LogP contribution in [0.25, 0.3) is 0 Å². The summed E-state index contributed by atoms with van der Waals surface area (Å²) in [5, 5.41) is -0.0504. The highest BCUT2D eigenvalue weighted by Gasteiger charge is 2.41. The molecule has 0 spiro atoms. The molecule has 0 aliphatic heterocycles. The monoisotopic (exact) mass is 272 g/mol. The fourth-order valence-corrected chi connectivity index (χ4v) is 2.14. The third kappa shape index (κ3) is 5.80. The summed E-state index contributed by atoms with van der Waals surface area (Å²) in [7, 11) is -2.16. The molecular weight excluding hydrogens is 244 g/mol. The average molecular weight is 272 g/mol. The van der Waals surface area contributed by atoms with Crippen molar-refractivity contribution in [3.8, 4) is 0 Å². The Bertz CT molecular complexity index is 290. The Kier molecular flexibility index (Phi) is 6.82. The zero-order chi connectivity index (χ0) is 14.4. The van der Waals surface area contributed by atoms with E-state index in [1.54, 1.807) is 0 Å². The van der Waals surface area contributed by atoms with Crippen molar-refractivity contribution in [2.75, 3.05) is 0 Å². The van der Waals surface area contributed by atoms with Crippen LogP contribution in [0.2, 0.25) is 18.1 Å². The molecule has 0 radical (unpaired) electrons. The van der Waals surface area contributed by atoms with Gasteiger partial charge in [0.2, 0.25) is 5.78 Å². The SMILES string of the molecule is CCCCCCC(=O)C(=O)O[Si](C)(C)C(C)(C)C. The van der Waals surface area contributed by atoms with Gasteiger partial charge in [-0.3, -0.25) is 4.79 Å². The van der Waals surface area contributed by atoms with E-state index < -0.39 is 14.3 Å². The average Bonchev–Trinajstić information content (AvgIpc) is 2.21. The quantitative estimate of drug-likeness (QED) is 0.398. The second-order valence-electron chi connectivity index (χ2n) is 6.38. The molecule has 106 valence electrons. The van der Waals surface area contributed by atoms with Gasteiger partial charge in [-0.05, 0) is 24.6 Å². The van der Waals surface area contributed by atoms with Gasteiger partial charge in [0.15, 0.2) is 0 Å². The second-order valence-corrected chi connectivity index (χ2v) is 11.1. The Morgan fingerprint density at radius 1 is 1.06 bits per heavy atom. The first kappa shape index (κ1) is 17.4. The van der Waals surface area contributed by atoms with Gasteiger partial charge >= 0.3 is 5.97 Å². The summed E-state index contributed by atoms with van der Waals surface area (Å²) in [6, 6.07) is 0. The van der Waals surface area contributed by atoms with E-state index in [-0.39, 0.29) is 10.8 Å². The van der Waals surface area contributed by atoms with E-state index in [1.165, 1.54) is 0 Å². The molecule has 3 nitrogen and oxygen atoms in total. The van der Waals surface area contributed by atoms with Gasteiger partial charge in [0.05, 0.1) is 0 Å². The number of hydrogen-bond acceptors (Lipinski definition) is 3. The fraction of sp³-hybridized carbons (Fsp3) is 0.857. The Morgan fingerprint density at radius 2 is 1.61 bits per heavy atom. The third-order valence-corrected chi connectivity index (χ3v) is 7.95. The number of rotatable bonds is 7. The van der Waals surface area contributed by atoms with Gasteiger partial charge in [0, 0.05) is 6.42 Å². The molecule has 0 aliphatic carbocycles. The fourth-order valence-electron chi connectivity index (χ4n) is 1.26. The van der Waals surface area contributed by atoms with Crippen molar-refractivity contribution in [1.82, 2.24) is 0 Å². The molecule has 0 aromatic carbocycles. The van der Waals surface area contributed by atoms with Gasteiger partial charge in [0.25, 0.3) is 8.32 Å². The van der Waals surface area contributed by atoms with E-state index in [1.807, 2.05) is 13.1 Å². The summed E-state index contributed by atoms with van der Waals surface area (Å²) in [6.07, 6.45) is 4.37. The third-order valence-electron chi connectivity index (χ3n) is 3.64. The molecule has 4 heteroatoms. The van der Waals surface area contributed by atoms with E-state index in [4.69, 9.17) is 4.43 Å². The van der Waals surface area contributed by atoms with Gasteiger partial charge in [-0.2, -0.15) is 0 Å². The first-order valence-corrected chi connectivity index (χ1v) is 9.79. The maximum Gasteiger partial charge on any atom is 0.361 e. The summed E-state index contributed by atoms with van der Waals surface area (Å²) in [5.74, 6) is -0.992. The highest BCUT2D eigenvalue weighted by Crippen LogP contribution is 2.36. The van der Waals surface area contributed by atoms with Crippen molar-refractivity contribution < 1.29 is 14.0 Å². The minimum atomic E-state index is -2.16. The molecule has 0 bridgehead atoms. The van der Waals surface area contributed by atoms with Crippen molar-refractivity contribution in [2.45, 2.75) is 77.9 Å². The van der Waals surface area contributed by atoms with E-state index >= 15 is 0 Å². The molecule has 18 heavy (non-hydrogen) atoms. The Hall–Kier alpha value is -0.643. The van der Waals surface area contributed by atoms with Gasteiger partial charge < -0.3 is 4.43 Å². The van der Waals surface area contributed by atoms with E-state index in [0.29, 0.717) is 6.42 Å². The molecule has 0 N–H and O–H groups in total.